The van der Waals surface area contributed by atoms with Crippen LogP contribution >= 0.6 is 15.9 Å². The maximum atomic E-state index is 12.2. The van der Waals surface area contributed by atoms with E-state index in [1.807, 2.05) is 0 Å². The third-order valence-corrected chi connectivity index (χ3v) is 6.17. The van der Waals surface area contributed by atoms with Gasteiger partial charge in [0.15, 0.2) is 15.6 Å². The van der Waals surface area contributed by atoms with Gasteiger partial charge in [-0.1, -0.05) is 22.0 Å². The Morgan fingerprint density at radius 2 is 1.79 bits per heavy atom. The number of anilines is 2. The molecule has 0 saturated heterocycles. The number of rotatable bonds is 2. The van der Waals surface area contributed by atoms with Gasteiger partial charge in [-0.2, -0.15) is 0 Å². The second-order valence-corrected chi connectivity index (χ2v) is 8.42. The maximum Gasteiger partial charge on any atom is 0.323 e. The Morgan fingerprint density at radius 1 is 1.08 bits per heavy atom. The molecule has 0 bridgehead atoms. The van der Waals surface area contributed by atoms with Crippen LogP contribution in [-0.4, -0.2) is 25.3 Å². The summed E-state index contributed by atoms with van der Waals surface area (Å²) >= 11 is 3.30. The first-order valence-electron chi connectivity index (χ1n) is 7.28. The zero-order chi connectivity index (χ0) is 17.3. The number of amides is 2. The molecule has 6 nitrogen and oxygen atoms in total. The van der Waals surface area contributed by atoms with E-state index in [1.54, 1.807) is 30.3 Å². The van der Waals surface area contributed by atoms with Crippen LogP contribution in [0.25, 0.3) is 0 Å². The summed E-state index contributed by atoms with van der Waals surface area (Å²) in [5.74, 6) is -0.402. The lowest BCUT2D eigenvalue weighted by molar-refractivity contribution is 0.262. The molecule has 0 fully saturated rings. The van der Waals surface area contributed by atoms with Gasteiger partial charge in [0.25, 0.3) is 0 Å². The zero-order valence-electron chi connectivity index (χ0n) is 12.5. The first-order valence-corrected chi connectivity index (χ1v) is 9.72. The number of halogens is 1. The van der Waals surface area contributed by atoms with Crippen LogP contribution in [0.3, 0.4) is 0 Å². The molecule has 1 aliphatic rings. The molecule has 0 spiro atoms. The molecular formula is C16H15BrN2O4S. The molecule has 0 saturated carbocycles. The van der Waals surface area contributed by atoms with E-state index < -0.39 is 21.6 Å². The topological polar surface area (TPSA) is 95.5 Å². The van der Waals surface area contributed by atoms with Gasteiger partial charge < -0.3 is 15.7 Å². The molecule has 0 aliphatic carbocycles. The Hall–Kier alpha value is -2.06. The quantitative estimate of drug-likeness (QED) is 0.659. The molecular weight excluding hydrogens is 396 g/mol. The highest BCUT2D eigenvalue weighted by atomic mass is 79.9. The molecule has 0 aromatic heterocycles. The van der Waals surface area contributed by atoms with E-state index in [2.05, 4.69) is 26.6 Å². The van der Waals surface area contributed by atoms with Crippen LogP contribution < -0.4 is 10.6 Å². The summed E-state index contributed by atoms with van der Waals surface area (Å²) in [6, 6.07) is 9.54. The van der Waals surface area contributed by atoms with Crippen LogP contribution in [0.1, 0.15) is 12.0 Å². The molecule has 2 aromatic rings. The number of benzene rings is 2. The molecule has 126 valence electrons. The van der Waals surface area contributed by atoms with Crippen molar-refractivity contribution in [2.45, 2.75) is 17.7 Å². The molecule has 2 aromatic carbocycles. The number of phenols is 1. The van der Waals surface area contributed by atoms with Crippen molar-refractivity contribution >= 4 is 43.2 Å². The normalized spacial score (nSPS) is 15.4. The molecule has 2 amide bonds. The van der Waals surface area contributed by atoms with E-state index >= 15 is 0 Å². The number of hydrogen-bond acceptors (Lipinski definition) is 4. The van der Waals surface area contributed by atoms with Gasteiger partial charge in [-0.05, 0) is 48.7 Å². The predicted molar refractivity (Wildman–Crippen MR) is 95.3 cm³/mol. The summed E-state index contributed by atoms with van der Waals surface area (Å²) in [7, 11) is -3.52. The van der Waals surface area contributed by atoms with Crippen LogP contribution in [0, 0.1) is 0 Å². The standard InChI is InChI=1S/C16H15BrN2O4S/c17-11-4-6-12(7-5-11)18-16(21)19-13-8-3-10-2-1-9-24(22,23)15(10)14(13)20/h3-8,20H,1-2,9H2,(H2,18,19,21). The molecule has 3 rings (SSSR count). The number of phenolic OH excluding ortho intramolecular Hbond substituents is 1. The minimum absolute atomic E-state index is 0.00209. The predicted octanol–water partition coefficient (Wildman–Crippen LogP) is 3.52. The van der Waals surface area contributed by atoms with Crippen molar-refractivity contribution in [3.63, 3.8) is 0 Å². The maximum absolute atomic E-state index is 12.2. The summed E-state index contributed by atoms with van der Waals surface area (Å²) in [5, 5.41) is 15.4. The third-order valence-electron chi connectivity index (χ3n) is 3.73. The van der Waals surface area contributed by atoms with E-state index in [0.29, 0.717) is 24.1 Å². The second kappa shape index (κ2) is 6.45. The Balaban J connectivity index is 1.83. The van der Waals surface area contributed by atoms with Gasteiger partial charge in [0.1, 0.15) is 4.90 Å². The van der Waals surface area contributed by atoms with Crippen LogP contribution in [0.2, 0.25) is 0 Å². The van der Waals surface area contributed by atoms with Crippen LogP contribution in [0.15, 0.2) is 45.8 Å². The molecule has 3 N–H and O–H groups in total. The smallest absolute Gasteiger partial charge is 0.323 e. The van der Waals surface area contributed by atoms with Gasteiger partial charge in [-0.15, -0.1) is 0 Å². The number of sulfone groups is 1. The molecule has 1 heterocycles. The highest BCUT2D eigenvalue weighted by Crippen LogP contribution is 2.38. The zero-order valence-corrected chi connectivity index (χ0v) is 14.9. The largest absolute Gasteiger partial charge is 0.504 e. The highest BCUT2D eigenvalue weighted by molar-refractivity contribution is 9.10. The van der Waals surface area contributed by atoms with Crippen LogP contribution in [0.5, 0.6) is 5.75 Å². The van der Waals surface area contributed by atoms with Crippen molar-refractivity contribution in [1.82, 2.24) is 0 Å². The number of carbonyl (C=O) groups excluding carboxylic acids is 1. The van der Waals surface area contributed by atoms with Gasteiger partial charge in [-0.3, -0.25) is 0 Å². The monoisotopic (exact) mass is 410 g/mol. The number of aryl methyl sites for hydroxylation is 1. The van der Waals surface area contributed by atoms with Crippen molar-refractivity contribution in [3.05, 3.63) is 46.4 Å². The second-order valence-electron chi connectivity index (χ2n) is 5.46. The Morgan fingerprint density at radius 3 is 2.50 bits per heavy atom. The number of fused-ring (bicyclic) bond motifs is 1. The van der Waals surface area contributed by atoms with Gasteiger partial charge in [0.2, 0.25) is 0 Å². The van der Waals surface area contributed by atoms with Crippen LogP contribution in [0.4, 0.5) is 16.2 Å². The number of carbonyl (C=O) groups is 1. The molecule has 8 heteroatoms. The fraction of sp³-hybridized carbons (Fsp3) is 0.188. The van der Waals surface area contributed by atoms with E-state index in [0.717, 1.165) is 4.47 Å². The van der Waals surface area contributed by atoms with E-state index in [1.165, 1.54) is 6.07 Å². The van der Waals surface area contributed by atoms with Gasteiger partial charge in [-0.25, -0.2) is 13.2 Å². The van der Waals surface area contributed by atoms with E-state index in [4.69, 9.17) is 0 Å². The lowest BCUT2D eigenvalue weighted by Crippen LogP contribution is -2.21. The Kier molecular flexibility index (Phi) is 4.51. The minimum Gasteiger partial charge on any atom is -0.504 e. The van der Waals surface area contributed by atoms with Gasteiger partial charge >= 0.3 is 6.03 Å². The highest BCUT2D eigenvalue weighted by Gasteiger charge is 2.28. The summed E-state index contributed by atoms with van der Waals surface area (Å²) < 4.78 is 25.2. The summed E-state index contributed by atoms with van der Waals surface area (Å²) in [5.41, 5.74) is 1.22. The van der Waals surface area contributed by atoms with Crippen molar-refractivity contribution in [2.24, 2.45) is 0 Å². The van der Waals surface area contributed by atoms with E-state index in [-0.39, 0.29) is 16.3 Å². The number of urea groups is 1. The lowest BCUT2D eigenvalue weighted by Gasteiger charge is -2.19. The molecule has 0 radical (unpaired) electrons. The van der Waals surface area contributed by atoms with Gasteiger partial charge in [0.05, 0.1) is 11.4 Å². The fourth-order valence-electron chi connectivity index (χ4n) is 2.63. The average Bonchev–Trinajstić information content (AvgIpc) is 2.51. The Bertz CT molecular complexity index is 895. The van der Waals surface area contributed by atoms with Gasteiger partial charge in [0, 0.05) is 10.2 Å². The molecule has 0 unspecified atom stereocenters. The molecule has 0 atom stereocenters. The number of aromatic hydroxyl groups is 1. The van der Waals surface area contributed by atoms with Crippen molar-refractivity contribution in [3.8, 4) is 5.75 Å². The summed E-state index contributed by atoms with van der Waals surface area (Å²) in [6.07, 6.45) is 1.12. The molecule has 1 aliphatic heterocycles. The summed E-state index contributed by atoms with van der Waals surface area (Å²) in [6.45, 7) is 0. The van der Waals surface area contributed by atoms with Crippen LogP contribution in [-0.2, 0) is 16.3 Å². The average molecular weight is 411 g/mol. The molecule has 24 heavy (non-hydrogen) atoms. The fourth-order valence-corrected chi connectivity index (χ4v) is 4.60. The first kappa shape index (κ1) is 16.8. The minimum atomic E-state index is -3.52. The van der Waals surface area contributed by atoms with E-state index in [9.17, 15) is 18.3 Å². The summed E-state index contributed by atoms with van der Waals surface area (Å²) in [4.78, 5) is 12.0. The van der Waals surface area contributed by atoms with Crippen molar-refractivity contribution in [2.75, 3.05) is 16.4 Å². The lowest BCUT2D eigenvalue weighted by atomic mass is 10.1. The number of hydrogen-bond donors (Lipinski definition) is 3. The van der Waals surface area contributed by atoms with Crippen molar-refractivity contribution < 1.29 is 18.3 Å². The van der Waals surface area contributed by atoms with Crippen molar-refractivity contribution in [1.29, 1.82) is 0 Å². The first-order chi connectivity index (χ1) is 11.4. The third kappa shape index (κ3) is 3.39. The SMILES string of the molecule is O=C(Nc1ccc(Br)cc1)Nc1ccc2c(c1O)S(=O)(=O)CCC2. The number of nitrogens with one attached hydrogen (secondary N) is 2. The Labute approximate surface area is 147 Å².